The van der Waals surface area contributed by atoms with Crippen molar-refractivity contribution < 1.29 is 23.1 Å². The third kappa shape index (κ3) is 5.63. The smallest absolute Gasteiger partial charge is 0.416 e. The molecule has 2 heterocycles. The number of aryl methyl sites for hydroxylation is 1. The Kier molecular flexibility index (Phi) is 6.46. The van der Waals surface area contributed by atoms with Gasteiger partial charge in [-0.05, 0) is 36.8 Å². The predicted octanol–water partition coefficient (Wildman–Crippen LogP) is 3.08. The zero-order valence-corrected chi connectivity index (χ0v) is 16.1. The van der Waals surface area contributed by atoms with E-state index < -0.39 is 17.7 Å². The molecular weight excluding hydrogens is 399 g/mol. The Balaban J connectivity index is 1.55. The summed E-state index contributed by atoms with van der Waals surface area (Å²) < 4.78 is 39.8. The Morgan fingerprint density at radius 3 is 2.60 bits per heavy atom. The third-order valence-electron chi connectivity index (χ3n) is 4.41. The van der Waals surface area contributed by atoms with Crippen LogP contribution in [0.3, 0.4) is 0 Å². The fraction of sp³-hybridized carbons (Fsp3) is 0.300. The number of aromatic carboxylic acids is 1. The van der Waals surface area contributed by atoms with Crippen molar-refractivity contribution >= 4 is 5.97 Å². The first-order valence-electron chi connectivity index (χ1n) is 9.17. The van der Waals surface area contributed by atoms with Crippen LogP contribution in [0.4, 0.5) is 13.2 Å². The van der Waals surface area contributed by atoms with Crippen LogP contribution < -0.4 is 5.32 Å². The molecular formula is C20H20F3N5O2. The normalized spacial score (nSPS) is 11.6. The number of aromatic nitrogens is 4. The number of hydrogen-bond donors (Lipinski definition) is 2. The Hall–Kier alpha value is -3.27. The van der Waals surface area contributed by atoms with Crippen LogP contribution >= 0.6 is 0 Å². The quantitative estimate of drug-likeness (QED) is 0.545. The van der Waals surface area contributed by atoms with Gasteiger partial charge in [-0.1, -0.05) is 12.1 Å². The molecule has 7 nitrogen and oxygen atoms in total. The second-order valence-corrected chi connectivity index (χ2v) is 6.79. The lowest BCUT2D eigenvalue weighted by molar-refractivity contribution is -0.137. The van der Waals surface area contributed by atoms with E-state index in [1.54, 1.807) is 11.5 Å². The summed E-state index contributed by atoms with van der Waals surface area (Å²) in [6, 6.07) is 8.02. The summed E-state index contributed by atoms with van der Waals surface area (Å²) in [5.74, 6) is -0.316. The zero-order valence-electron chi connectivity index (χ0n) is 16.1. The van der Waals surface area contributed by atoms with Gasteiger partial charge in [0.1, 0.15) is 12.2 Å². The molecule has 2 N–H and O–H groups in total. The highest BCUT2D eigenvalue weighted by Crippen LogP contribution is 2.29. The molecule has 0 amide bonds. The minimum atomic E-state index is -4.36. The van der Waals surface area contributed by atoms with Crippen molar-refractivity contribution in [1.29, 1.82) is 0 Å². The maximum absolute atomic E-state index is 12.7. The molecule has 0 saturated carbocycles. The lowest BCUT2D eigenvalue weighted by Gasteiger charge is -2.10. The Labute approximate surface area is 170 Å². The number of hydrogen-bond acceptors (Lipinski definition) is 5. The van der Waals surface area contributed by atoms with E-state index in [0.29, 0.717) is 48.8 Å². The van der Waals surface area contributed by atoms with Gasteiger partial charge in [-0.2, -0.15) is 13.2 Å². The number of nitrogens with one attached hydrogen (secondary N) is 1. The van der Waals surface area contributed by atoms with E-state index in [1.165, 1.54) is 30.6 Å². The van der Waals surface area contributed by atoms with Gasteiger partial charge in [-0.15, -0.1) is 10.2 Å². The Bertz CT molecular complexity index is 1020. The number of pyridine rings is 1. The average Bonchev–Trinajstić information content (AvgIpc) is 3.11. The van der Waals surface area contributed by atoms with E-state index >= 15 is 0 Å². The molecule has 0 aliphatic rings. The first-order chi connectivity index (χ1) is 14.2. The first-order valence-corrected chi connectivity index (χ1v) is 9.17. The maximum atomic E-state index is 12.7. The topological polar surface area (TPSA) is 92.9 Å². The summed E-state index contributed by atoms with van der Waals surface area (Å²) in [5, 5.41) is 20.2. The van der Waals surface area contributed by atoms with Gasteiger partial charge >= 0.3 is 12.1 Å². The number of carboxylic acid groups (broad SMARTS) is 1. The minimum absolute atomic E-state index is 0.190. The van der Waals surface area contributed by atoms with Crippen LogP contribution in [0, 0.1) is 6.92 Å². The van der Waals surface area contributed by atoms with Crippen molar-refractivity contribution in [3.63, 3.8) is 0 Å². The second kappa shape index (κ2) is 9.04. The van der Waals surface area contributed by atoms with E-state index in [1.807, 2.05) is 0 Å². The third-order valence-corrected chi connectivity index (χ3v) is 4.41. The summed E-state index contributed by atoms with van der Waals surface area (Å²) in [5.41, 5.74) is 1.47. The molecule has 1 aromatic carbocycles. The van der Waals surface area contributed by atoms with E-state index in [0.717, 1.165) is 12.1 Å². The summed E-state index contributed by atoms with van der Waals surface area (Å²) in [6.07, 6.45) is -2.28. The number of alkyl halides is 3. The van der Waals surface area contributed by atoms with Crippen LogP contribution in [0.15, 0.2) is 42.7 Å². The van der Waals surface area contributed by atoms with Crippen molar-refractivity contribution in [3.8, 4) is 0 Å². The molecule has 2 aromatic heterocycles. The van der Waals surface area contributed by atoms with Crippen molar-refractivity contribution in [2.75, 3.05) is 6.54 Å². The molecule has 0 spiro atoms. The molecule has 0 unspecified atom stereocenters. The van der Waals surface area contributed by atoms with E-state index in [2.05, 4.69) is 20.5 Å². The zero-order chi connectivity index (χ0) is 21.7. The number of carboxylic acids is 1. The molecule has 0 radical (unpaired) electrons. The van der Waals surface area contributed by atoms with Crippen LogP contribution in [0.25, 0.3) is 0 Å². The Morgan fingerprint density at radius 1 is 1.20 bits per heavy atom. The summed E-state index contributed by atoms with van der Waals surface area (Å²) in [7, 11) is 0. The molecule has 0 atom stereocenters. The van der Waals surface area contributed by atoms with Crippen LogP contribution in [0.5, 0.6) is 0 Å². The van der Waals surface area contributed by atoms with Gasteiger partial charge in [0.2, 0.25) is 0 Å². The largest absolute Gasteiger partial charge is 0.478 e. The average molecular weight is 419 g/mol. The van der Waals surface area contributed by atoms with E-state index in [4.69, 9.17) is 5.11 Å². The molecule has 0 saturated heterocycles. The fourth-order valence-electron chi connectivity index (χ4n) is 2.97. The van der Waals surface area contributed by atoms with Crippen molar-refractivity contribution in [1.82, 2.24) is 25.1 Å². The summed E-state index contributed by atoms with van der Waals surface area (Å²) >= 11 is 0. The van der Waals surface area contributed by atoms with Crippen LogP contribution in [-0.4, -0.2) is 37.4 Å². The molecule has 3 rings (SSSR count). The summed E-state index contributed by atoms with van der Waals surface area (Å²) in [4.78, 5) is 15.4. The van der Waals surface area contributed by atoms with E-state index in [9.17, 15) is 18.0 Å². The van der Waals surface area contributed by atoms with Gasteiger partial charge in [0, 0.05) is 25.2 Å². The number of rotatable bonds is 8. The predicted molar refractivity (Wildman–Crippen MR) is 102 cm³/mol. The molecule has 158 valence electrons. The number of carbonyl (C=O) groups is 1. The highest BCUT2D eigenvalue weighted by atomic mass is 19.4. The van der Waals surface area contributed by atoms with Gasteiger partial charge in [-0.3, -0.25) is 4.98 Å². The van der Waals surface area contributed by atoms with Crippen molar-refractivity contribution in [2.24, 2.45) is 0 Å². The van der Waals surface area contributed by atoms with Gasteiger partial charge in [0.25, 0.3) is 0 Å². The molecule has 0 aliphatic carbocycles. The lowest BCUT2D eigenvalue weighted by atomic mass is 10.1. The molecule has 3 aromatic rings. The highest BCUT2D eigenvalue weighted by Gasteiger charge is 2.29. The summed E-state index contributed by atoms with van der Waals surface area (Å²) in [6.45, 7) is 3.04. The Morgan fingerprint density at radius 2 is 1.93 bits per heavy atom. The second-order valence-electron chi connectivity index (χ2n) is 6.79. The minimum Gasteiger partial charge on any atom is -0.478 e. The number of nitrogens with zero attached hydrogens (tertiary/aromatic N) is 4. The SMILES string of the molecule is Cc1cc(C(=O)O)cc(CNCCc2nncn2Cc2ccc(C(F)(F)F)cc2)n1. The van der Waals surface area contributed by atoms with Crippen molar-refractivity contribution in [3.05, 3.63) is 76.6 Å². The van der Waals surface area contributed by atoms with Crippen LogP contribution in [0.2, 0.25) is 0 Å². The van der Waals surface area contributed by atoms with Gasteiger partial charge in [0.05, 0.1) is 23.4 Å². The first kappa shape index (κ1) is 21.4. The van der Waals surface area contributed by atoms with Crippen LogP contribution in [-0.2, 0) is 25.7 Å². The van der Waals surface area contributed by atoms with Gasteiger partial charge in [0.15, 0.2) is 0 Å². The fourth-order valence-corrected chi connectivity index (χ4v) is 2.97. The number of benzene rings is 1. The van der Waals surface area contributed by atoms with Crippen molar-refractivity contribution in [2.45, 2.75) is 32.6 Å². The van der Waals surface area contributed by atoms with E-state index in [-0.39, 0.29) is 5.56 Å². The molecule has 10 heteroatoms. The molecule has 0 fully saturated rings. The highest BCUT2D eigenvalue weighted by molar-refractivity contribution is 5.87. The van der Waals surface area contributed by atoms with Gasteiger partial charge < -0.3 is 15.0 Å². The molecule has 30 heavy (non-hydrogen) atoms. The standard InChI is InChI=1S/C20H20F3N5O2/c1-13-8-15(19(29)30)9-17(26-13)10-24-7-6-18-27-25-12-28(18)11-14-2-4-16(5-3-14)20(21,22)23/h2-5,8-9,12,24H,6-7,10-11H2,1H3,(H,29,30). The maximum Gasteiger partial charge on any atom is 0.416 e. The van der Waals surface area contributed by atoms with Crippen LogP contribution in [0.1, 0.15) is 38.7 Å². The molecule has 0 aliphatic heterocycles. The lowest BCUT2D eigenvalue weighted by Crippen LogP contribution is -2.20. The van der Waals surface area contributed by atoms with Gasteiger partial charge in [-0.25, -0.2) is 4.79 Å². The monoisotopic (exact) mass is 419 g/mol. The molecule has 0 bridgehead atoms. The number of halogens is 3.